The first-order valence-corrected chi connectivity index (χ1v) is 18.5. The lowest BCUT2D eigenvalue weighted by atomic mass is 9.88. The van der Waals surface area contributed by atoms with Crippen molar-refractivity contribution in [3.05, 3.63) is 157 Å². The summed E-state index contributed by atoms with van der Waals surface area (Å²) in [6, 6.07) is 51.7. The average Bonchev–Trinajstić information content (AvgIpc) is 3.84. The van der Waals surface area contributed by atoms with E-state index in [4.69, 9.17) is 9.72 Å². The molecular weight excluding hydrogens is 657 g/mol. The standard InChI is InChI=1S/C46H36N4OS/c1-46(2,3)30-24-25-47-43(26-30)50-38-18-9-7-16-35(38)36-21-20-34(28-40(36)50)51-33-15-11-14-32(27-33)49-29-48(31-12-5-4-6-13-31)39-22-23-42-44(45(39)49)37-17-8-10-19-41(37)52-42/h4-28H,29H2,1-3H3. The zero-order valence-corrected chi connectivity index (χ0v) is 30.1. The van der Waals surface area contributed by atoms with E-state index < -0.39 is 0 Å². The van der Waals surface area contributed by atoms with E-state index in [0.717, 1.165) is 34.0 Å². The highest BCUT2D eigenvalue weighted by atomic mass is 32.1. The van der Waals surface area contributed by atoms with Crippen molar-refractivity contribution in [2.75, 3.05) is 16.5 Å². The van der Waals surface area contributed by atoms with Gasteiger partial charge in [0.05, 0.1) is 22.4 Å². The minimum absolute atomic E-state index is 0.00597. The van der Waals surface area contributed by atoms with Gasteiger partial charge in [-0.15, -0.1) is 11.3 Å². The molecule has 0 saturated carbocycles. The summed E-state index contributed by atoms with van der Waals surface area (Å²) in [5.74, 6) is 2.47. The van der Waals surface area contributed by atoms with Gasteiger partial charge in [-0.2, -0.15) is 0 Å². The van der Waals surface area contributed by atoms with Gasteiger partial charge in [0.15, 0.2) is 0 Å². The first-order chi connectivity index (χ1) is 25.4. The maximum atomic E-state index is 6.72. The quantitative estimate of drug-likeness (QED) is 0.180. The molecule has 252 valence electrons. The van der Waals surface area contributed by atoms with Crippen molar-refractivity contribution in [3.8, 4) is 17.3 Å². The summed E-state index contributed by atoms with van der Waals surface area (Å²) in [6.45, 7) is 7.41. The van der Waals surface area contributed by atoms with E-state index in [2.05, 4.69) is 175 Å². The van der Waals surface area contributed by atoms with Crippen LogP contribution in [0.4, 0.5) is 22.7 Å². The molecule has 6 heteroatoms. The van der Waals surface area contributed by atoms with Gasteiger partial charge in [-0.25, -0.2) is 4.98 Å². The van der Waals surface area contributed by atoms with Crippen LogP contribution in [0.25, 0.3) is 47.8 Å². The number of thiophene rings is 1. The first-order valence-electron chi connectivity index (χ1n) is 17.7. The third kappa shape index (κ3) is 4.94. The van der Waals surface area contributed by atoms with Crippen LogP contribution < -0.4 is 14.5 Å². The Balaban J connectivity index is 1.07. The van der Waals surface area contributed by atoms with Crippen molar-refractivity contribution in [3.63, 3.8) is 0 Å². The van der Waals surface area contributed by atoms with E-state index in [1.54, 1.807) is 0 Å². The van der Waals surface area contributed by atoms with Crippen molar-refractivity contribution >= 4 is 76.1 Å². The third-order valence-corrected chi connectivity index (χ3v) is 11.4. The lowest BCUT2D eigenvalue weighted by Crippen LogP contribution is -2.23. The molecule has 1 aliphatic heterocycles. The van der Waals surface area contributed by atoms with Crippen LogP contribution >= 0.6 is 11.3 Å². The van der Waals surface area contributed by atoms with Gasteiger partial charge >= 0.3 is 0 Å². The number of ether oxygens (including phenoxy) is 1. The number of fused-ring (bicyclic) bond motifs is 8. The van der Waals surface area contributed by atoms with E-state index in [1.165, 1.54) is 53.6 Å². The molecule has 0 aliphatic carbocycles. The molecule has 0 unspecified atom stereocenters. The Morgan fingerprint density at radius 2 is 1.35 bits per heavy atom. The molecule has 10 rings (SSSR count). The molecule has 0 radical (unpaired) electrons. The molecule has 9 aromatic rings. The van der Waals surface area contributed by atoms with E-state index in [0.29, 0.717) is 6.67 Å². The molecule has 0 spiro atoms. The predicted molar refractivity (Wildman–Crippen MR) is 219 cm³/mol. The Morgan fingerprint density at radius 1 is 0.596 bits per heavy atom. The topological polar surface area (TPSA) is 33.5 Å². The molecular formula is C46H36N4OS. The number of aromatic nitrogens is 2. The number of para-hydroxylation sites is 2. The zero-order chi connectivity index (χ0) is 35.0. The summed E-state index contributed by atoms with van der Waals surface area (Å²) in [5, 5.41) is 4.95. The van der Waals surface area contributed by atoms with Crippen molar-refractivity contribution < 1.29 is 4.74 Å². The molecule has 6 aromatic carbocycles. The highest BCUT2D eigenvalue weighted by Gasteiger charge is 2.31. The van der Waals surface area contributed by atoms with E-state index in [-0.39, 0.29) is 5.41 Å². The monoisotopic (exact) mass is 692 g/mol. The second-order valence-corrected chi connectivity index (χ2v) is 15.6. The summed E-state index contributed by atoms with van der Waals surface area (Å²) < 4.78 is 11.6. The maximum absolute atomic E-state index is 6.72. The summed E-state index contributed by atoms with van der Waals surface area (Å²) in [4.78, 5) is 9.70. The number of anilines is 4. The summed E-state index contributed by atoms with van der Waals surface area (Å²) in [6.07, 6.45) is 1.92. The summed E-state index contributed by atoms with van der Waals surface area (Å²) in [5.41, 5.74) is 8.12. The van der Waals surface area contributed by atoms with Crippen molar-refractivity contribution in [2.45, 2.75) is 26.2 Å². The fourth-order valence-corrected chi connectivity index (χ4v) is 8.83. The van der Waals surface area contributed by atoms with Crippen molar-refractivity contribution in [1.29, 1.82) is 0 Å². The molecule has 0 saturated heterocycles. The maximum Gasteiger partial charge on any atom is 0.137 e. The SMILES string of the molecule is CC(C)(C)c1ccnc(-n2c3ccccc3c3ccc(Oc4cccc(N5CN(c6ccccc6)c6ccc7sc8ccccc8c7c65)c4)cc32)c1. The highest BCUT2D eigenvalue weighted by Crippen LogP contribution is 2.52. The molecule has 5 nitrogen and oxygen atoms in total. The Kier molecular flexibility index (Phi) is 6.92. The number of hydrogen-bond acceptors (Lipinski definition) is 5. The predicted octanol–water partition coefficient (Wildman–Crippen LogP) is 12.9. The molecule has 52 heavy (non-hydrogen) atoms. The van der Waals surface area contributed by atoms with Gasteiger partial charge in [-0.1, -0.05) is 81.4 Å². The lowest BCUT2D eigenvalue weighted by Gasteiger charge is -2.22. The van der Waals surface area contributed by atoms with Gasteiger partial charge in [0.1, 0.15) is 24.0 Å². The second kappa shape index (κ2) is 11.7. The fraction of sp³-hybridized carbons (Fsp3) is 0.109. The number of benzene rings is 6. The molecule has 0 amide bonds. The number of rotatable bonds is 5. The zero-order valence-electron chi connectivity index (χ0n) is 29.2. The normalized spacial score (nSPS) is 13.1. The minimum atomic E-state index is 0.00597. The molecule has 3 aromatic heterocycles. The Morgan fingerprint density at radius 3 is 2.21 bits per heavy atom. The number of nitrogens with zero attached hydrogens (tertiary/aromatic N) is 4. The largest absolute Gasteiger partial charge is 0.457 e. The van der Waals surface area contributed by atoms with Crippen LogP contribution in [0.15, 0.2) is 152 Å². The molecule has 0 N–H and O–H groups in total. The average molecular weight is 693 g/mol. The molecule has 4 heterocycles. The van der Waals surface area contributed by atoms with Gasteiger partial charge in [0, 0.05) is 60.6 Å². The van der Waals surface area contributed by atoms with Crippen LogP contribution in [0.1, 0.15) is 26.3 Å². The minimum Gasteiger partial charge on any atom is -0.457 e. The van der Waals surface area contributed by atoms with E-state index in [1.807, 2.05) is 23.6 Å². The van der Waals surface area contributed by atoms with Crippen LogP contribution in [-0.2, 0) is 5.41 Å². The second-order valence-electron chi connectivity index (χ2n) is 14.5. The van der Waals surface area contributed by atoms with Gasteiger partial charge in [-0.3, -0.25) is 4.57 Å². The van der Waals surface area contributed by atoms with Gasteiger partial charge in [-0.05, 0) is 83.8 Å². The Hall–Kier alpha value is -6.11. The van der Waals surface area contributed by atoms with Crippen LogP contribution in [-0.4, -0.2) is 16.2 Å². The molecule has 1 aliphatic rings. The number of pyridine rings is 1. The first kappa shape index (κ1) is 30.7. The van der Waals surface area contributed by atoms with Gasteiger partial charge in [0.25, 0.3) is 0 Å². The van der Waals surface area contributed by atoms with Crippen LogP contribution in [0.5, 0.6) is 11.5 Å². The van der Waals surface area contributed by atoms with E-state index >= 15 is 0 Å². The van der Waals surface area contributed by atoms with Crippen LogP contribution in [0.3, 0.4) is 0 Å². The van der Waals surface area contributed by atoms with Crippen LogP contribution in [0, 0.1) is 0 Å². The van der Waals surface area contributed by atoms with E-state index in [9.17, 15) is 0 Å². The van der Waals surface area contributed by atoms with Gasteiger partial charge < -0.3 is 14.5 Å². The Bertz CT molecular complexity index is 2810. The molecule has 0 fully saturated rings. The smallest absolute Gasteiger partial charge is 0.137 e. The lowest BCUT2D eigenvalue weighted by molar-refractivity contribution is 0.483. The number of hydrogen-bond donors (Lipinski definition) is 0. The van der Waals surface area contributed by atoms with Crippen molar-refractivity contribution in [2.24, 2.45) is 0 Å². The summed E-state index contributed by atoms with van der Waals surface area (Å²) >= 11 is 1.85. The Labute approximate surface area is 306 Å². The molecule has 0 atom stereocenters. The van der Waals surface area contributed by atoms with Gasteiger partial charge in [0.2, 0.25) is 0 Å². The molecule has 0 bridgehead atoms. The highest BCUT2D eigenvalue weighted by molar-refractivity contribution is 7.26. The van der Waals surface area contributed by atoms with Crippen LogP contribution in [0.2, 0.25) is 0 Å². The van der Waals surface area contributed by atoms with Crippen molar-refractivity contribution in [1.82, 2.24) is 9.55 Å². The third-order valence-electron chi connectivity index (χ3n) is 10.3. The fourth-order valence-electron chi connectivity index (χ4n) is 7.73. The summed E-state index contributed by atoms with van der Waals surface area (Å²) in [7, 11) is 0.